The number of carbonyl (C=O) groups excluding carboxylic acids is 4. The van der Waals surface area contributed by atoms with E-state index in [-0.39, 0.29) is 17.5 Å². The van der Waals surface area contributed by atoms with E-state index in [0.29, 0.717) is 11.4 Å². The first-order chi connectivity index (χ1) is 14.4. The van der Waals surface area contributed by atoms with Gasteiger partial charge in [-0.2, -0.15) is 11.8 Å². The maximum atomic E-state index is 12.7. The van der Waals surface area contributed by atoms with Crippen LogP contribution >= 0.6 is 11.8 Å². The van der Waals surface area contributed by atoms with Gasteiger partial charge in [0.2, 0.25) is 0 Å². The average Bonchev–Trinajstić information content (AvgIpc) is 2.99. The fourth-order valence-corrected chi connectivity index (χ4v) is 3.66. The number of esters is 1. The molecular weight excluding hydrogens is 404 g/mol. The van der Waals surface area contributed by atoms with Crippen LogP contribution in [0.15, 0.2) is 48.5 Å². The number of nitrogens with one attached hydrogen (secondary N) is 1. The van der Waals surface area contributed by atoms with Crippen molar-refractivity contribution in [3.05, 3.63) is 65.2 Å². The number of fused-ring (bicyclic) bond motifs is 1. The van der Waals surface area contributed by atoms with E-state index in [1.807, 2.05) is 25.3 Å². The molecule has 1 atom stereocenters. The second kappa shape index (κ2) is 9.58. The zero-order chi connectivity index (χ0) is 21.7. The molecule has 0 saturated heterocycles. The number of rotatable bonds is 8. The second-order valence-corrected chi connectivity index (χ2v) is 7.78. The minimum atomic E-state index is -1.09. The Morgan fingerprint density at radius 3 is 2.23 bits per heavy atom. The second-order valence-electron chi connectivity index (χ2n) is 6.79. The lowest BCUT2D eigenvalue weighted by Gasteiger charge is -2.24. The molecule has 7 nitrogen and oxygen atoms in total. The number of imide groups is 1. The van der Waals surface area contributed by atoms with Gasteiger partial charge in [-0.1, -0.05) is 30.3 Å². The number of hydrogen-bond donors (Lipinski definition) is 1. The standard InChI is InChI=1S/C22H22N2O5S/c1-14-7-3-6-10-17(14)23-19(25)13-29-22(28)18(11-12-30-2)24-20(26)15-8-4-5-9-16(15)21(24)27/h3-10,18H,11-13H2,1-2H3,(H,23,25)/t18-/m0/s1. The Hall–Kier alpha value is -3.13. The zero-order valence-electron chi connectivity index (χ0n) is 16.7. The summed E-state index contributed by atoms with van der Waals surface area (Å²) < 4.78 is 5.18. The highest BCUT2D eigenvalue weighted by molar-refractivity contribution is 7.98. The van der Waals surface area contributed by atoms with Gasteiger partial charge in [0.05, 0.1) is 11.1 Å². The van der Waals surface area contributed by atoms with Crippen LogP contribution in [0.25, 0.3) is 0 Å². The SMILES string of the molecule is CSCC[C@@H](C(=O)OCC(=O)Nc1ccccc1C)N1C(=O)c2ccccc2C1=O. The molecule has 1 heterocycles. The highest BCUT2D eigenvalue weighted by atomic mass is 32.2. The van der Waals surface area contributed by atoms with Gasteiger partial charge in [-0.25, -0.2) is 4.79 Å². The first-order valence-electron chi connectivity index (χ1n) is 9.42. The van der Waals surface area contributed by atoms with Crippen LogP contribution in [-0.2, 0) is 14.3 Å². The maximum Gasteiger partial charge on any atom is 0.329 e. The van der Waals surface area contributed by atoms with Crippen molar-refractivity contribution in [1.29, 1.82) is 0 Å². The summed E-state index contributed by atoms with van der Waals surface area (Å²) in [6.45, 7) is 1.34. The van der Waals surface area contributed by atoms with Crippen LogP contribution in [0.2, 0.25) is 0 Å². The van der Waals surface area contributed by atoms with Crippen LogP contribution in [0, 0.1) is 6.92 Å². The number of para-hydroxylation sites is 1. The molecule has 1 aliphatic rings. The lowest BCUT2D eigenvalue weighted by Crippen LogP contribution is -2.46. The number of ether oxygens (including phenoxy) is 1. The van der Waals surface area contributed by atoms with Gasteiger partial charge in [0.15, 0.2) is 6.61 Å². The number of thioether (sulfide) groups is 1. The van der Waals surface area contributed by atoms with E-state index in [1.54, 1.807) is 36.4 Å². The van der Waals surface area contributed by atoms with Crippen molar-refractivity contribution in [3.8, 4) is 0 Å². The van der Waals surface area contributed by atoms with E-state index >= 15 is 0 Å². The summed E-state index contributed by atoms with van der Waals surface area (Å²) in [4.78, 5) is 51.4. The number of amides is 3. The maximum absolute atomic E-state index is 12.7. The summed E-state index contributed by atoms with van der Waals surface area (Å²) in [6, 6.07) is 12.6. The first kappa shape index (κ1) is 21.6. The number of aryl methyl sites for hydroxylation is 1. The molecule has 2 aromatic rings. The molecule has 0 spiro atoms. The molecule has 0 saturated carbocycles. The molecule has 1 N–H and O–H groups in total. The number of benzene rings is 2. The summed E-state index contributed by atoms with van der Waals surface area (Å²) in [6.07, 6.45) is 2.10. The minimum absolute atomic E-state index is 0.241. The Labute approximate surface area is 178 Å². The average molecular weight is 426 g/mol. The number of hydrogen-bond acceptors (Lipinski definition) is 6. The van der Waals surface area contributed by atoms with Crippen LogP contribution in [0.3, 0.4) is 0 Å². The third-order valence-electron chi connectivity index (χ3n) is 4.77. The van der Waals surface area contributed by atoms with E-state index < -0.39 is 36.3 Å². The normalized spacial score (nSPS) is 13.7. The van der Waals surface area contributed by atoms with Crippen molar-refractivity contribution in [2.75, 3.05) is 23.9 Å². The van der Waals surface area contributed by atoms with Crippen molar-refractivity contribution >= 4 is 41.1 Å². The Balaban J connectivity index is 1.69. The van der Waals surface area contributed by atoms with E-state index in [2.05, 4.69) is 5.32 Å². The number of anilines is 1. The van der Waals surface area contributed by atoms with Crippen molar-refractivity contribution in [1.82, 2.24) is 4.90 Å². The minimum Gasteiger partial charge on any atom is -0.454 e. The van der Waals surface area contributed by atoms with Crippen molar-refractivity contribution < 1.29 is 23.9 Å². The van der Waals surface area contributed by atoms with Gasteiger partial charge in [0.25, 0.3) is 17.7 Å². The summed E-state index contributed by atoms with van der Waals surface area (Å²) in [5, 5.41) is 2.68. The molecular formula is C22H22N2O5S. The molecule has 0 aliphatic carbocycles. The fraction of sp³-hybridized carbons (Fsp3) is 0.273. The van der Waals surface area contributed by atoms with E-state index in [9.17, 15) is 19.2 Å². The quantitative estimate of drug-likeness (QED) is 0.515. The third kappa shape index (κ3) is 4.54. The predicted octanol–water partition coefficient (Wildman–Crippen LogP) is 2.89. The van der Waals surface area contributed by atoms with Gasteiger partial charge in [-0.3, -0.25) is 19.3 Å². The molecule has 3 rings (SSSR count). The summed E-state index contributed by atoms with van der Waals surface area (Å²) in [5.41, 5.74) is 2.03. The molecule has 3 amide bonds. The zero-order valence-corrected chi connectivity index (χ0v) is 17.5. The Morgan fingerprint density at radius 1 is 1.03 bits per heavy atom. The lowest BCUT2D eigenvalue weighted by molar-refractivity contribution is -0.151. The smallest absolute Gasteiger partial charge is 0.329 e. The van der Waals surface area contributed by atoms with Gasteiger partial charge in [-0.05, 0) is 49.1 Å². The van der Waals surface area contributed by atoms with Gasteiger partial charge in [-0.15, -0.1) is 0 Å². The monoisotopic (exact) mass is 426 g/mol. The molecule has 8 heteroatoms. The third-order valence-corrected chi connectivity index (χ3v) is 5.41. The van der Waals surface area contributed by atoms with Gasteiger partial charge in [0, 0.05) is 5.69 Å². The molecule has 0 bridgehead atoms. The van der Waals surface area contributed by atoms with E-state index in [0.717, 1.165) is 10.5 Å². The van der Waals surface area contributed by atoms with Crippen LogP contribution in [-0.4, -0.2) is 53.2 Å². The molecule has 0 fully saturated rings. The van der Waals surface area contributed by atoms with E-state index in [1.165, 1.54) is 11.8 Å². The van der Waals surface area contributed by atoms with Crippen molar-refractivity contribution in [2.24, 2.45) is 0 Å². The summed E-state index contributed by atoms with van der Waals surface area (Å²) in [5.74, 6) is -1.78. The van der Waals surface area contributed by atoms with Crippen LogP contribution in [0.4, 0.5) is 5.69 Å². The summed E-state index contributed by atoms with van der Waals surface area (Å²) >= 11 is 1.48. The Kier molecular flexibility index (Phi) is 6.89. The van der Waals surface area contributed by atoms with Crippen LogP contribution in [0.1, 0.15) is 32.7 Å². The molecule has 156 valence electrons. The Bertz CT molecular complexity index is 956. The van der Waals surface area contributed by atoms with Gasteiger partial charge >= 0.3 is 5.97 Å². The van der Waals surface area contributed by atoms with Crippen molar-refractivity contribution in [3.63, 3.8) is 0 Å². The highest BCUT2D eigenvalue weighted by Gasteiger charge is 2.43. The molecule has 0 unspecified atom stereocenters. The first-order valence-corrected chi connectivity index (χ1v) is 10.8. The van der Waals surface area contributed by atoms with Gasteiger partial charge < -0.3 is 10.1 Å². The predicted molar refractivity (Wildman–Crippen MR) is 114 cm³/mol. The van der Waals surface area contributed by atoms with Crippen molar-refractivity contribution in [2.45, 2.75) is 19.4 Å². The van der Waals surface area contributed by atoms with Gasteiger partial charge in [0.1, 0.15) is 6.04 Å². The van der Waals surface area contributed by atoms with Crippen LogP contribution < -0.4 is 5.32 Å². The largest absolute Gasteiger partial charge is 0.454 e. The molecule has 0 radical (unpaired) electrons. The topological polar surface area (TPSA) is 92.8 Å². The lowest BCUT2D eigenvalue weighted by atomic mass is 10.1. The fourth-order valence-electron chi connectivity index (χ4n) is 3.21. The molecule has 30 heavy (non-hydrogen) atoms. The van der Waals surface area contributed by atoms with Crippen LogP contribution in [0.5, 0.6) is 0 Å². The van der Waals surface area contributed by atoms with E-state index in [4.69, 9.17) is 4.74 Å². The molecule has 1 aliphatic heterocycles. The summed E-state index contributed by atoms with van der Waals surface area (Å²) in [7, 11) is 0. The Morgan fingerprint density at radius 2 is 1.63 bits per heavy atom. The highest BCUT2D eigenvalue weighted by Crippen LogP contribution is 2.26. The molecule has 0 aromatic heterocycles. The molecule has 2 aromatic carbocycles. The number of nitrogens with zero attached hydrogens (tertiary/aromatic N) is 1. The number of carbonyl (C=O) groups is 4.